The van der Waals surface area contributed by atoms with Gasteiger partial charge in [0.1, 0.15) is 17.6 Å². The Hall–Kier alpha value is -2.51. The lowest BCUT2D eigenvalue weighted by molar-refractivity contribution is -0.0152. The van der Waals surface area contributed by atoms with E-state index in [-0.39, 0.29) is 23.8 Å². The number of nitrogens with zero attached hydrogens (tertiary/aromatic N) is 3. The number of fused-ring (bicyclic) bond motifs is 1. The summed E-state index contributed by atoms with van der Waals surface area (Å²) in [6.07, 6.45) is 4.42. The molecular formula is C25H33N3O4. The number of rotatable bonds is 4. The van der Waals surface area contributed by atoms with Crippen LogP contribution in [0.3, 0.4) is 0 Å². The van der Waals surface area contributed by atoms with Crippen LogP contribution in [0.25, 0.3) is 0 Å². The first-order valence-electron chi connectivity index (χ1n) is 11.5. The van der Waals surface area contributed by atoms with Gasteiger partial charge in [0, 0.05) is 18.5 Å². The van der Waals surface area contributed by atoms with Crippen LogP contribution in [0.5, 0.6) is 5.75 Å². The third kappa shape index (κ3) is 4.24. The second-order valence-electron chi connectivity index (χ2n) is 9.78. The lowest BCUT2D eigenvalue weighted by atomic mass is 9.66. The fourth-order valence-electron chi connectivity index (χ4n) is 5.60. The maximum absolute atomic E-state index is 12.8. The summed E-state index contributed by atoms with van der Waals surface area (Å²) >= 11 is 0. The topological polar surface area (TPSA) is 95.7 Å². The molecule has 4 rings (SSSR count). The van der Waals surface area contributed by atoms with Gasteiger partial charge in [-0.05, 0) is 45.7 Å². The molecule has 1 fully saturated rings. The minimum absolute atomic E-state index is 0.0271. The zero-order chi connectivity index (χ0) is 23.0. The summed E-state index contributed by atoms with van der Waals surface area (Å²) in [6, 6.07) is 6.45. The van der Waals surface area contributed by atoms with Gasteiger partial charge in [-0.15, -0.1) is 0 Å². The molecule has 2 aliphatic rings. The number of aryl methyl sites for hydroxylation is 2. The van der Waals surface area contributed by atoms with Gasteiger partial charge in [0.15, 0.2) is 5.78 Å². The van der Waals surface area contributed by atoms with Gasteiger partial charge in [0.05, 0.1) is 6.54 Å². The Kier molecular flexibility index (Phi) is 6.23. The molecule has 2 N–H and O–H groups in total. The van der Waals surface area contributed by atoms with Crippen LogP contribution < -0.4 is 5.56 Å². The normalized spacial score (nSPS) is 19.9. The average Bonchev–Trinajstić information content (AvgIpc) is 2.88. The van der Waals surface area contributed by atoms with E-state index >= 15 is 0 Å². The van der Waals surface area contributed by atoms with E-state index in [9.17, 15) is 19.8 Å². The summed E-state index contributed by atoms with van der Waals surface area (Å²) in [5.41, 5.74) is 2.18. The van der Waals surface area contributed by atoms with Gasteiger partial charge in [-0.25, -0.2) is 0 Å². The molecule has 2 aromatic rings. The Balaban J connectivity index is 1.82. The number of benzene rings is 1. The Labute approximate surface area is 188 Å². The third-order valence-corrected chi connectivity index (χ3v) is 7.08. The largest absolute Gasteiger partial charge is 0.501 e. The molecule has 1 aromatic heterocycles. The Morgan fingerprint density at radius 1 is 1.06 bits per heavy atom. The van der Waals surface area contributed by atoms with Crippen LogP contribution in [0.1, 0.15) is 71.2 Å². The number of aromatic hydroxyl groups is 1. The van der Waals surface area contributed by atoms with Gasteiger partial charge in [-0.3, -0.25) is 14.5 Å². The van der Waals surface area contributed by atoms with Gasteiger partial charge in [0.2, 0.25) is 5.75 Å². The van der Waals surface area contributed by atoms with Crippen LogP contribution in [0.4, 0.5) is 0 Å². The van der Waals surface area contributed by atoms with Crippen LogP contribution in [0.2, 0.25) is 0 Å². The number of Topliss-reactive ketones (excluding diaryl/α,β-unsaturated/α-hetero) is 1. The molecule has 1 saturated carbocycles. The van der Waals surface area contributed by atoms with Gasteiger partial charge in [-0.2, -0.15) is 4.98 Å². The zero-order valence-electron chi connectivity index (χ0n) is 19.2. The van der Waals surface area contributed by atoms with Crippen molar-refractivity contribution in [2.24, 2.45) is 5.41 Å². The molecule has 1 aliphatic heterocycles. The summed E-state index contributed by atoms with van der Waals surface area (Å²) < 4.78 is 1.59. The summed E-state index contributed by atoms with van der Waals surface area (Å²) in [4.78, 5) is 31.3. The average molecular weight is 440 g/mol. The zero-order valence-corrected chi connectivity index (χ0v) is 19.2. The lowest BCUT2D eigenvalue weighted by Gasteiger charge is -2.42. The molecule has 0 bridgehead atoms. The lowest BCUT2D eigenvalue weighted by Crippen LogP contribution is -2.38. The molecule has 172 valence electrons. The highest BCUT2D eigenvalue weighted by Gasteiger charge is 2.43. The van der Waals surface area contributed by atoms with Crippen molar-refractivity contribution in [2.45, 2.75) is 65.0 Å². The van der Waals surface area contributed by atoms with Crippen molar-refractivity contribution in [1.82, 2.24) is 14.5 Å². The van der Waals surface area contributed by atoms with Crippen LogP contribution in [0.15, 0.2) is 23.0 Å². The number of aromatic nitrogens is 2. The first kappa shape index (κ1) is 22.7. The fraction of sp³-hybridized carbons (Fsp3) is 0.560. The number of carbonyl (C=O) groups excluding carboxylic acids is 1. The first-order chi connectivity index (χ1) is 15.2. The van der Waals surface area contributed by atoms with Crippen LogP contribution in [-0.2, 0) is 13.0 Å². The standard InChI is InChI=1S/C25H33N3O4/c1-16-11-17(2)13-18(12-16)14-25(7-5-4-6-8-25)22(31)23-26-24(32)21(30)20-19(29)15-27(3)9-10-28(20)23/h11-13,22,30-31H,4-10,14-15H2,1-3H3. The molecule has 0 radical (unpaired) electrons. The molecule has 0 spiro atoms. The number of hydrogen-bond donors (Lipinski definition) is 2. The minimum Gasteiger partial charge on any atom is -0.501 e. The monoisotopic (exact) mass is 439 g/mol. The number of carbonyl (C=O) groups is 1. The van der Waals surface area contributed by atoms with Crippen molar-refractivity contribution in [3.63, 3.8) is 0 Å². The summed E-state index contributed by atoms with van der Waals surface area (Å²) in [7, 11) is 1.83. The van der Waals surface area contributed by atoms with E-state index in [2.05, 4.69) is 37.0 Å². The number of aliphatic hydroxyl groups is 1. The maximum Gasteiger partial charge on any atom is 0.315 e. The quantitative estimate of drug-likeness (QED) is 0.761. The van der Waals surface area contributed by atoms with Crippen LogP contribution in [-0.4, -0.2) is 50.6 Å². The number of hydrogen-bond acceptors (Lipinski definition) is 6. The predicted octanol–water partition coefficient (Wildman–Crippen LogP) is 2.92. The molecule has 0 amide bonds. The highest BCUT2D eigenvalue weighted by molar-refractivity contribution is 5.98. The Morgan fingerprint density at radius 2 is 1.72 bits per heavy atom. The van der Waals surface area contributed by atoms with Crippen molar-refractivity contribution < 1.29 is 15.0 Å². The van der Waals surface area contributed by atoms with E-state index in [0.29, 0.717) is 19.5 Å². The predicted molar refractivity (Wildman–Crippen MR) is 122 cm³/mol. The number of aliphatic hydroxyl groups excluding tert-OH is 1. The van der Waals surface area contributed by atoms with Crippen molar-refractivity contribution in [3.05, 3.63) is 56.8 Å². The SMILES string of the molecule is Cc1cc(C)cc(CC2(C(O)c3nc(=O)c(O)c4n3CCN(C)CC4=O)CCCCC2)c1. The molecule has 1 atom stereocenters. The molecule has 32 heavy (non-hydrogen) atoms. The first-order valence-corrected chi connectivity index (χ1v) is 11.5. The summed E-state index contributed by atoms with van der Waals surface area (Å²) in [5.74, 6) is -0.742. The van der Waals surface area contributed by atoms with Crippen molar-refractivity contribution in [1.29, 1.82) is 0 Å². The molecule has 1 aliphatic carbocycles. The van der Waals surface area contributed by atoms with Crippen molar-refractivity contribution in [2.75, 3.05) is 20.1 Å². The summed E-state index contributed by atoms with van der Waals surface area (Å²) in [6.45, 7) is 5.20. The number of likely N-dealkylation sites (N-methyl/N-ethyl adjacent to an activating group) is 1. The van der Waals surface area contributed by atoms with E-state index in [1.165, 1.54) is 11.1 Å². The highest BCUT2D eigenvalue weighted by atomic mass is 16.3. The van der Waals surface area contributed by atoms with E-state index in [1.54, 1.807) is 4.57 Å². The maximum atomic E-state index is 12.8. The molecule has 1 aromatic carbocycles. The third-order valence-electron chi connectivity index (χ3n) is 7.08. The van der Waals surface area contributed by atoms with Crippen LogP contribution in [0, 0.1) is 19.3 Å². The van der Waals surface area contributed by atoms with Gasteiger partial charge in [0.25, 0.3) is 0 Å². The number of ketones is 1. The van der Waals surface area contributed by atoms with E-state index in [1.807, 2.05) is 11.9 Å². The van der Waals surface area contributed by atoms with E-state index in [4.69, 9.17) is 0 Å². The molecule has 1 unspecified atom stereocenters. The van der Waals surface area contributed by atoms with E-state index in [0.717, 1.165) is 37.7 Å². The molecular weight excluding hydrogens is 406 g/mol. The molecule has 7 nitrogen and oxygen atoms in total. The van der Waals surface area contributed by atoms with E-state index < -0.39 is 22.8 Å². The van der Waals surface area contributed by atoms with Gasteiger partial charge in [-0.1, -0.05) is 48.6 Å². The molecule has 7 heteroatoms. The van der Waals surface area contributed by atoms with Crippen LogP contribution >= 0.6 is 0 Å². The Bertz CT molecular complexity index is 1070. The molecule has 2 heterocycles. The summed E-state index contributed by atoms with van der Waals surface area (Å²) in [5, 5.41) is 22.2. The smallest absolute Gasteiger partial charge is 0.315 e. The van der Waals surface area contributed by atoms with Crippen molar-refractivity contribution in [3.8, 4) is 5.75 Å². The van der Waals surface area contributed by atoms with Gasteiger partial charge >= 0.3 is 5.56 Å². The second-order valence-corrected chi connectivity index (χ2v) is 9.78. The second kappa shape index (κ2) is 8.79. The Morgan fingerprint density at radius 3 is 2.38 bits per heavy atom. The highest BCUT2D eigenvalue weighted by Crippen LogP contribution is 2.48. The van der Waals surface area contributed by atoms with Gasteiger partial charge < -0.3 is 14.8 Å². The minimum atomic E-state index is -1.01. The molecule has 0 saturated heterocycles. The fourth-order valence-corrected chi connectivity index (χ4v) is 5.60. The van der Waals surface area contributed by atoms with Crippen molar-refractivity contribution >= 4 is 5.78 Å².